The molecule has 8 heteroatoms. The maximum atomic E-state index is 13.4. The molecule has 2 aromatic heterocycles. The van der Waals surface area contributed by atoms with Gasteiger partial charge in [0, 0.05) is 24.4 Å². The zero-order valence-corrected chi connectivity index (χ0v) is 18.7. The molecule has 2 fully saturated rings. The summed E-state index contributed by atoms with van der Waals surface area (Å²) in [7, 11) is 0. The number of likely N-dealkylation sites (tertiary alicyclic amines) is 1. The van der Waals surface area contributed by atoms with Gasteiger partial charge in [0.05, 0.1) is 11.2 Å². The number of nitrogens with one attached hydrogen (secondary N) is 1. The molecule has 3 amide bonds. The standard InChI is InChI=1S/C21H28N4O2S2/c1-3-21(17-4-8-24(9-5-17)12-16-7-11-28-13-16)19(26)25(20(27)23-21)10-6-18-15(2)22-14-29-18/h7,11,13-14,17H,3-6,8-10,12H2,1-2H3,(H,23,27)/t21-/m1/s1. The highest BCUT2D eigenvalue weighted by Crippen LogP contribution is 2.36. The molecule has 1 atom stereocenters. The number of rotatable bonds is 7. The van der Waals surface area contributed by atoms with Gasteiger partial charge < -0.3 is 5.32 Å². The zero-order chi connectivity index (χ0) is 20.4. The van der Waals surface area contributed by atoms with E-state index >= 15 is 0 Å². The Kier molecular flexibility index (Phi) is 6.03. The minimum absolute atomic E-state index is 0.0385. The molecule has 0 aromatic carbocycles. The van der Waals surface area contributed by atoms with Gasteiger partial charge in [0.2, 0.25) is 0 Å². The number of thiazole rings is 1. The van der Waals surface area contributed by atoms with Crippen molar-refractivity contribution in [2.75, 3.05) is 19.6 Å². The number of thiophene rings is 1. The second-order valence-electron chi connectivity index (χ2n) is 8.00. The maximum Gasteiger partial charge on any atom is 0.325 e. The summed E-state index contributed by atoms with van der Waals surface area (Å²) in [6.45, 7) is 7.31. The Bertz CT molecular complexity index is 858. The third-order valence-electron chi connectivity index (χ3n) is 6.44. The number of hydrogen-bond donors (Lipinski definition) is 1. The molecule has 4 heterocycles. The topological polar surface area (TPSA) is 65.5 Å². The lowest BCUT2D eigenvalue weighted by Crippen LogP contribution is -2.55. The summed E-state index contributed by atoms with van der Waals surface area (Å²) >= 11 is 3.31. The minimum atomic E-state index is -0.742. The molecule has 0 spiro atoms. The van der Waals surface area contributed by atoms with E-state index in [-0.39, 0.29) is 17.9 Å². The summed E-state index contributed by atoms with van der Waals surface area (Å²) in [5, 5.41) is 7.41. The molecule has 2 aliphatic rings. The highest BCUT2D eigenvalue weighted by atomic mass is 32.1. The van der Waals surface area contributed by atoms with Crippen LogP contribution in [0.25, 0.3) is 0 Å². The molecule has 6 nitrogen and oxygen atoms in total. The van der Waals surface area contributed by atoms with Gasteiger partial charge in [0.25, 0.3) is 5.91 Å². The molecular formula is C21H28N4O2S2. The Labute approximate surface area is 179 Å². The van der Waals surface area contributed by atoms with Crippen LogP contribution in [0.3, 0.4) is 0 Å². The monoisotopic (exact) mass is 432 g/mol. The van der Waals surface area contributed by atoms with Crippen LogP contribution in [0.2, 0.25) is 0 Å². The van der Waals surface area contributed by atoms with E-state index in [2.05, 4.69) is 32.0 Å². The van der Waals surface area contributed by atoms with Crippen molar-refractivity contribution in [1.29, 1.82) is 0 Å². The third-order valence-corrected chi connectivity index (χ3v) is 8.16. The summed E-state index contributed by atoms with van der Waals surface area (Å²) in [5.41, 5.74) is 3.42. The van der Waals surface area contributed by atoms with Crippen LogP contribution in [-0.4, -0.2) is 51.9 Å². The fourth-order valence-electron chi connectivity index (χ4n) is 4.66. The number of carbonyl (C=O) groups excluding carboxylic acids is 2. The number of amides is 3. The van der Waals surface area contributed by atoms with Gasteiger partial charge in [-0.25, -0.2) is 9.78 Å². The number of urea groups is 1. The molecule has 0 aliphatic carbocycles. The summed E-state index contributed by atoms with van der Waals surface area (Å²) in [6, 6.07) is 1.94. The van der Waals surface area contributed by atoms with E-state index in [0.717, 1.165) is 43.0 Å². The third kappa shape index (κ3) is 3.98. The molecular weight excluding hydrogens is 404 g/mol. The number of aryl methyl sites for hydroxylation is 1. The lowest BCUT2D eigenvalue weighted by molar-refractivity contribution is -0.134. The molecule has 0 saturated carbocycles. The van der Waals surface area contributed by atoms with Gasteiger partial charge in [-0.2, -0.15) is 11.3 Å². The normalized spacial score (nSPS) is 23.7. The maximum absolute atomic E-state index is 13.4. The number of imide groups is 1. The zero-order valence-electron chi connectivity index (χ0n) is 17.0. The minimum Gasteiger partial charge on any atom is -0.323 e. The van der Waals surface area contributed by atoms with Crippen molar-refractivity contribution in [3.05, 3.63) is 38.5 Å². The number of nitrogens with zero attached hydrogens (tertiary/aromatic N) is 3. The molecule has 0 unspecified atom stereocenters. The summed E-state index contributed by atoms with van der Waals surface area (Å²) in [6.07, 6.45) is 3.19. The van der Waals surface area contributed by atoms with Crippen molar-refractivity contribution in [3.8, 4) is 0 Å². The first-order chi connectivity index (χ1) is 14.0. The second-order valence-corrected chi connectivity index (χ2v) is 9.72. The number of piperidine rings is 1. The lowest BCUT2D eigenvalue weighted by Gasteiger charge is -2.40. The van der Waals surface area contributed by atoms with Crippen LogP contribution < -0.4 is 5.32 Å². The van der Waals surface area contributed by atoms with Gasteiger partial charge >= 0.3 is 6.03 Å². The van der Waals surface area contributed by atoms with Crippen molar-refractivity contribution in [3.63, 3.8) is 0 Å². The van der Waals surface area contributed by atoms with Gasteiger partial charge in [-0.3, -0.25) is 14.6 Å². The summed E-state index contributed by atoms with van der Waals surface area (Å²) in [4.78, 5) is 35.3. The van der Waals surface area contributed by atoms with Crippen molar-refractivity contribution in [1.82, 2.24) is 20.1 Å². The fourth-order valence-corrected chi connectivity index (χ4v) is 6.09. The Morgan fingerprint density at radius 2 is 2.10 bits per heavy atom. The first-order valence-electron chi connectivity index (χ1n) is 10.3. The molecule has 156 valence electrons. The first kappa shape index (κ1) is 20.5. The van der Waals surface area contributed by atoms with Crippen molar-refractivity contribution in [2.45, 2.75) is 51.6 Å². The average molecular weight is 433 g/mol. The van der Waals surface area contributed by atoms with Gasteiger partial charge in [-0.05, 0) is 67.6 Å². The Balaban J connectivity index is 1.40. The molecule has 0 bridgehead atoms. The average Bonchev–Trinajstić information content (AvgIpc) is 3.43. The van der Waals surface area contributed by atoms with Gasteiger partial charge in [0.15, 0.2) is 0 Å². The smallest absolute Gasteiger partial charge is 0.323 e. The van der Waals surface area contributed by atoms with Crippen molar-refractivity contribution < 1.29 is 9.59 Å². The predicted molar refractivity (Wildman–Crippen MR) is 116 cm³/mol. The Morgan fingerprint density at radius 1 is 1.31 bits per heavy atom. The van der Waals surface area contributed by atoms with Crippen LogP contribution in [-0.2, 0) is 17.8 Å². The molecule has 0 radical (unpaired) electrons. The van der Waals surface area contributed by atoms with Gasteiger partial charge in [-0.1, -0.05) is 6.92 Å². The molecule has 2 aromatic rings. The van der Waals surface area contributed by atoms with Crippen LogP contribution in [0, 0.1) is 12.8 Å². The van der Waals surface area contributed by atoms with E-state index in [9.17, 15) is 9.59 Å². The van der Waals surface area contributed by atoms with E-state index in [1.165, 1.54) is 10.5 Å². The van der Waals surface area contributed by atoms with E-state index in [1.54, 1.807) is 22.7 Å². The summed E-state index contributed by atoms with van der Waals surface area (Å²) in [5.74, 6) is 0.154. The highest BCUT2D eigenvalue weighted by Gasteiger charge is 2.54. The predicted octanol–water partition coefficient (Wildman–Crippen LogP) is 3.67. The van der Waals surface area contributed by atoms with E-state index in [4.69, 9.17) is 0 Å². The van der Waals surface area contributed by atoms with Crippen LogP contribution in [0.15, 0.2) is 22.3 Å². The van der Waals surface area contributed by atoms with Crippen LogP contribution in [0.4, 0.5) is 4.79 Å². The second kappa shape index (κ2) is 8.53. The van der Waals surface area contributed by atoms with E-state index in [0.29, 0.717) is 19.4 Å². The molecule has 1 N–H and O–H groups in total. The SMILES string of the molecule is CC[C@]1(C2CCN(Cc3ccsc3)CC2)NC(=O)N(CCc2scnc2C)C1=O. The lowest BCUT2D eigenvalue weighted by atomic mass is 9.75. The highest BCUT2D eigenvalue weighted by molar-refractivity contribution is 7.09. The van der Waals surface area contributed by atoms with E-state index in [1.807, 2.05) is 19.4 Å². The largest absolute Gasteiger partial charge is 0.325 e. The van der Waals surface area contributed by atoms with Crippen molar-refractivity contribution >= 4 is 34.6 Å². The van der Waals surface area contributed by atoms with Gasteiger partial charge in [-0.15, -0.1) is 11.3 Å². The molecule has 2 aliphatic heterocycles. The van der Waals surface area contributed by atoms with Crippen molar-refractivity contribution in [2.24, 2.45) is 5.92 Å². The number of hydrogen-bond acceptors (Lipinski definition) is 6. The Morgan fingerprint density at radius 3 is 2.72 bits per heavy atom. The van der Waals surface area contributed by atoms with E-state index < -0.39 is 5.54 Å². The summed E-state index contributed by atoms with van der Waals surface area (Å²) < 4.78 is 0. The molecule has 29 heavy (non-hydrogen) atoms. The fraction of sp³-hybridized carbons (Fsp3) is 0.571. The Hall–Kier alpha value is -1.77. The first-order valence-corrected chi connectivity index (χ1v) is 12.1. The van der Waals surface area contributed by atoms with Crippen LogP contribution in [0.1, 0.15) is 42.3 Å². The molecule has 2 saturated heterocycles. The molecule has 4 rings (SSSR count). The number of aromatic nitrogens is 1. The van der Waals surface area contributed by atoms with Crippen LogP contribution >= 0.6 is 22.7 Å². The number of carbonyl (C=O) groups is 2. The quantitative estimate of drug-likeness (QED) is 0.678. The van der Waals surface area contributed by atoms with Crippen LogP contribution in [0.5, 0.6) is 0 Å². The van der Waals surface area contributed by atoms with Gasteiger partial charge in [0.1, 0.15) is 5.54 Å².